The Morgan fingerprint density at radius 3 is 2.89 bits per heavy atom. The van der Waals surface area contributed by atoms with Crippen molar-refractivity contribution in [3.05, 3.63) is 65.7 Å². The zero-order valence-electron chi connectivity index (χ0n) is 15.6. The molecule has 6 nitrogen and oxygen atoms in total. The number of nitrogens with zero attached hydrogens (tertiary/aromatic N) is 2. The number of carbonyl (C=O) groups is 1. The number of nitrogens with one attached hydrogen (secondary N) is 1. The maximum atomic E-state index is 12.7. The molecule has 0 radical (unpaired) electrons. The summed E-state index contributed by atoms with van der Waals surface area (Å²) in [6.45, 7) is 1.98. The molecule has 2 N–H and O–H groups in total. The summed E-state index contributed by atoms with van der Waals surface area (Å²) in [5, 5.41) is 13.8. The predicted molar refractivity (Wildman–Crippen MR) is 108 cm³/mol. The highest BCUT2D eigenvalue weighted by Crippen LogP contribution is 2.23. The molecule has 0 atom stereocenters. The number of carbonyl (C=O) groups excluding carboxylic acids is 1. The smallest absolute Gasteiger partial charge is 0.224 e. The van der Waals surface area contributed by atoms with Crippen molar-refractivity contribution < 1.29 is 14.6 Å². The summed E-state index contributed by atoms with van der Waals surface area (Å²) in [6, 6.07) is 17.5. The third-order valence-corrected chi connectivity index (χ3v) is 4.91. The number of hydrogen-bond acceptors (Lipinski definition) is 5. The molecule has 0 aliphatic carbocycles. The van der Waals surface area contributed by atoms with E-state index in [0.29, 0.717) is 38.5 Å². The number of benzene rings is 2. The van der Waals surface area contributed by atoms with Gasteiger partial charge >= 0.3 is 0 Å². The summed E-state index contributed by atoms with van der Waals surface area (Å²) in [5.41, 5.74) is 2.61. The molecule has 2 aromatic carbocycles. The van der Waals surface area contributed by atoms with E-state index in [-0.39, 0.29) is 12.5 Å². The average molecular weight is 377 g/mol. The molecule has 2 heterocycles. The lowest BCUT2D eigenvalue weighted by Gasteiger charge is -2.20. The normalized spacial score (nSPS) is 13.5. The molecule has 1 aliphatic rings. The van der Waals surface area contributed by atoms with Crippen LogP contribution in [0.2, 0.25) is 0 Å². The molecule has 1 amide bonds. The van der Waals surface area contributed by atoms with Crippen molar-refractivity contribution in [2.45, 2.75) is 19.6 Å². The summed E-state index contributed by atoms with van der Waals surface area (Å²) >= 11 is 0. The monoisotopic (exact) mass is 377 g/mol. The van der Waals surface area contributed by atoms with Crippen LogP contribution in [0.15, 0.2) is 54.6 Å². The number of ether oxygens (including phenoxy) is 1. The first-order valence-electron chi connectivity index (χ1n) is 9.46. The number of hydrogen-bond donors (Lipinski definition) is 2. The Morgan fingerprint density at radius 1 is 1.18 bits per heavy atom. The number of aromatic nitrogens is 1. The van der Waals surface area contributed by atoms with Crippen molar-refractivity contribution in [1.29, 1.82) is 0 Å². The van der Waals surface area contributed by atoms with E-state index in [4.69, 9.17) is 4.74 Å². The second-order valence-electron chi connectivity index (χ2n) is 6.80. The third kappa shape index (κ3) is 3.92. The van der Waals surface area contributed by atoms with E-state index in [2.05, 4.69) is 10.3 Å². The quantitative estimate of drug-likeness (QED) is 0.715. The van der Waals surface area contributed by atoms with E-state index in [1.54, 1.807) is 0 Å². The van der Waals surface area contributed by atoms with Gasteiger partial charge in [-0.1, -0.05) is 36.4 Å². The highest BCUT2D eigenvalue weighted by Gasteiger charge is 2.19. The van der Waals surface area contributed by atoms with Gasteiger partial charge in [-0.2, -0.15) is 0 Å². The summed E-state index contributed by atoms with van der Waals surface area (Å²) in [6.07, 6.45) is 0.349. The van der Waals surface area contributed by atoms with Crippen molar-refractivity contribution >= 4 is 22.6 Å². The Labute approximate surface area is 163 Å². The van der Waals surface area contributed by atoms with Gasteiger partial charge in [0.2, 0.25) is 5.91 Å². The van der Waals surface area contributed by atoms with E-state index in [1.165, 1.54) is 0 Å². The number of para-hydroxylation sites is 2. The lowest BCUT2D eigenvalue weighted by atomic mass is 10.1. The number of fused-ring (bicyclic) bond motifs is 2. The maximum Gasteiger partial charge on any atom is 0.224 e. The molecule has 3 aromatic rings. The number of pyridine rings is 1. The van der Waals surface area contributed by atoms with Crippen molar-refractivity contribution in [2.75, 3.05) is 25.0 Å². The van der Waals surface area contributed by atoms with Crippen LogP contribution in [0.1, 0.15) is 17.5 Å². The van der Waals surface area contributed by atoms with Gasteiger partial charge in [-0.05, 0) is 18.2 Å². The minimum absolute atomic E-state index is 0.0686. The molecule has 0 unspecified atom stereocenters. The van der Waals surface area contributed by atoms with Crippen LogP contribution >= 0.6 is 0 Å². The van der Waals surface area contributed by atoms with Crippen molar-refractivity contribution in [2.24, 2.45) is 0 Å². The molecule has 144 valence electrons. The SMILES string of the molecule is O=C(CCNc1nc2ccccc2cc1CO)N1CCOc2ccccc2C1. The molecular weight excluding hydrogens is 354 g/mol. The van der Waals surface area contributed by atoms with E-state index in [9.17, 15) is 9.90 Å². The van der Waals surface area contributed by atoms with Crippen molar-refractivity contribution in [1.82, 2.24) is 9.88 Å². The van der Waals surface area contributed by atoms with Crippen LogP contribution in [0.3, 0.4) is 0 Å². The second kappa shape index (κ2) is 8.27. The zero-order chi connectivity index (χ0) is 19.3. The third-order valence-electron chi connectivity index (χ3n) is 4.91. The van der Waals surface area contributed by atoms with Gasteiger partial charge in [-0.15, -0.1) is 0 Å². The van der Waals surface area contributed by atoms with Crippen LogP contribution in [0, 0.1) is 0 Å². The van der Waals surface area contributed by atoms with Crippen LogP contribution < -0.4 is 10.1 Å². The predicted octanol–water partition coefficient (Wildman–Crippen LogP) is 2.95. The van der Waals surface area contributed by atoms with E-state index in [0.717, 1.165) is 27.8 Å². The fourth-order valence-corrected chi connectivity index (χ4v) is 3.42. The van der Waals surface area contributed by atoms with Gasteiger partial charge in [0, 0.05) is 36.0 Å². The minimum Gasteiger partial charge on any atom is -0.491 e. The number of anilines is 1. The molecule has 4 rings (SSSR count). The molecule has 0 saturated heterocycles. The molecule has 0 bridgehead atoms. The highest BCUT2D eigenvalue weighted by molar-refractivity contribution is 5.82. The van der Waals surface area contributed by atoms with Gasteiger partial charge in [0.15, 0.2) is 0 Å². The zero-order valence-corrected chi connectivity index (χ0v) is 15.6. The Kier molecular flexibility index (Phi) is 5.39. The van der Waals surface area contributed by atoms with Gasteiger partial charge in [0.05, 0.1) is 18.7 Å². The van der Waals surface area contributed by atoms with Crippen LogP contribution in [-0.2, 0) is 17.9 Å². The first kappa shape index (κ1) is 18.3. The Hall–Kier alpha value is -3.12. The summed E-state index contributed by atoms with van der Waals surface area (Å²) < 4.78 is 5.73. The van der Waals surface area contributed by atoms with Gasteiger partial charge in [0.25, 0.3) is 0 Å². The summed E-state index contributed by atoms with van der Waals surface area (Å²) in [7, 11) is 0. The molecule has 28 heavy (non-hydrogen) atoms. The largest absolute Gasteiger partial charge is 0.491 e. The van der Waals surface area contributed by atoms with E-state index >= 15 is 0 Å². The molecule has 0 spiro atoms. The summed E-state index contributed by atoms with van der Waals surface area (Å²) in [5.74, 6) is 1.54. The average Bonchev–Trinajstić information content (AvgIpc) is 2.95. The van der Waals surface area contributed by atoms with Gasteiger partial charge in [0.1, 0.15) is 18.2 Å². The molecule has 0 saturated carbocycles. The molecule has 0 fully saturated rings. The standard InChI is InChI=1S/C22H23N3O3/c26-15-18-13-16-5-1-3-7-19(16)24-22(18)23-10-9-21(27)25-11-12-28-20-8-4-2-6-17(20)14-25/h1-8,13,26H,9-12,14-15H2,(H,23,24). The van der Waals surface area contributed by atoms with Crippen molar-refractivity contribution in [3.63, 3.8) is 0 Å². The maximum absolute atomic E-state index is 12.7. The number of aliphatic hydroxyl groups is 1. The molecule has 1 aliphatic heterocycles. The van der Waals surface area contributed by atoms with Crippen LogP contribution in [0.5, 0.6) is 5.75 Å². The van der Waals surface area contributed by atoms with Gasteiger partial charge in [-0.25, -0.2) is 4.98 Å². The molecule has 6 heteroatoms. The first-order valence-corrected chi connectivity index (χ1v) is 9.46. The summed E-state index contributed by atoms with van der Waals surface area (Å²) in [4.78, 5) is 19.1. The molecular formula is C22H23N3O3. The van der Waals surface area contributed by atoms with E-state index < -0.39 is 0 Å². The number of aliphatic hydroxyl groups excluding tert-OH is 1. The topological polar surface area (TPSA) is 74.7 Å². The number of amides is 1. The second-order valence-corrected chi connectivity index (χ2v) is 6.80. The van der Waals surface area contributed by atoms with Gasteiger partial charge in [-0.3, -0.25) is 4.79 Å². The Bertz CT molecular complexity index is 990. The van der Waals surface area contributed by atoms with Gasteiger partial charge < -0.3 is 20.1 Å². The Morgan fingerprint density at radius 2 is 2.00 bits per heavy atom. The van der Waals surface area contributed by atoms with Crippen molar-refractivity contribution in [3.8, 4) is 5.75 Å². The number of rotatable bonds is 5. The molecule has 1 aromatic heterocycles. The fourth-order valence-electron chi connectivity index (χ4n) is 3.42. The lowest BCUT2D eigenvalue weighted by Crippen LogP contribution is -2.33. The first-order chi connectivity index (χ1) is 13.7. The minimum atomic E-state index is -0.103. The lowest BCUT2D eigenvalue weighted by molar-refractivity contribution is -0.131. The van der Waals surface area contributed by atoms with Crippen LogP contribution in [-0.4, -0.2) is 40.6 Å². The fraction of sp³-hybridized carbons (Fsp3) is 0.273. The van der Waals surface area contributed by atoms with Crippen LogP contribution in [0.25, 0.3) is 10.9 Å². The highest BCUT2D eigenvalue weighted by atomic mass is 16.5. The van der Waals surface area contributed by atoms with Crippen LogP contribution in [0.4, 0.5) is 5.82 Å². The van der Waals surface area contributed by atoms with E-state index in [1.807, 2.05) is 59.5 Å². The Balaban J connectivity index is 1.40.